The molecule has 18 heavy (non-hydrogen) atoms. The van der Waals surface area contributed by atoms with Gasteiger partial charge in [0.05, 0.1) is 3.79 Å². The largest absolute Gasteiger partial charge is 0.326 e. The minimum atomic E-state index is -3.48. The van der Waals surface area contributed by atoms with Crippen LogP contribution in [0.2, 0.25) is 0 Å². The maximum absolute atomic E-state index is 12.2. The Hall–Kier alpha value is 0.400. The van der Waals surface area contributed by atoms with E-state index in [1.807, 2.05) is 20.1 Å². The molecule has 4 nitrogen and oxygen atoms in total. The number of nitrogens with two attached hydrogens (primary N) is 1. The van der Waals surface area contributed by atoms with E-state index < -0.39 is 10.0 Å². The molecule has 0 fully saturated rings. The summed E-state index contributed by atoms with van der Waals surface area (Å²) in [4.78, 5) is 1.11. The molecule has 0 saturated carbocycles. The smallest absolute Gasteiger partial charge is 0.242 e. The second kappa shape index (κ2) is 6.23. The van der Waals surface area contributed by atoms with Gasteiger partial charge in [-0.15, -0.1) is 11.3 Å². The SMILES string of the molecule is CSC(C)(C)CNS(=O)(=O)c1cc(CN)sc1Br. The van der Waals surface area contributed by atoms with Gasteiger partial charge in [-0.25, -0.2) is 13.1 Å². The fraction of sp³-hybridized carbons (Fsp3) is 0.600. The first-order valence-electron chi connectivity index (χ1n) is 5.25. The minimum absolute atomic E-state index is 0.133. The lowest BCUT2D eigenvalue weighted by atomic mass is 10.2. The Kier molecular flexibility index (Phi) is 5.70. The van der Waals surface area contributed by atoms with Crippen LogP contribution in [0.1, 0.15) is 18.7 Å². The first-order valence-corrected chi connectivity index (χ1v) is 9.56. The molecule has 0 unspecified atom stereocenters. The summed E-state index contributed by atoms with van der Waals surface area (Å²) in [6.45, 7) is 4.72. The average Bonchev–Trinajstić information content (AvgIpc) is 2.69. The van der Waals surface area contributed by atoms with Crippen molar-refractivity contribution in [2.24, 2.45) is 5.73 Å². The van der Waals surface area contributed by atoms with Gasteiger partial charge in [0.2, 0.25) is 10.0 Å². The summed E-state index contributed by atoms with van der Waals surface area (Å²) in [5.41, 5.74) is 5.51. The normalized spacial score (nSPS) is 12.9. The highest BCUT2D eigenvalue weighted by atomic mass is 79.9. The zero-order valence-electron chi connectivity index (χ0n) is 10.5. The Morgan fingerprint density at radius 1 is 1.56 bits per heavy atom. The van der Waals surface area contributed by atoms with Crippen molar-refractivity contribution in [2.75, 3.05) is 12.8 Å². The lowest BCUT2D eigenvalue weighted by molar-refractivity contribution is 0.570. The number of hydrogen-bond donors (Lipinski definition) is 2. The molecule has 0 bridgehead atoms. The van der Waals surface area contributed by atoms with E-state index >= 15 is 0 Å². The van der Waals surface area contributed by atoms with Gasteiger partial charge in [-0.2, -0.15) is 11.8 Å². The van der Waals surface area contributed by atoms with E-state index in [0.29, 0.717) is 16.9 Å². The molecular weight excluding hydrogens is 356 g/mol. The van der Waals surface area contributed by atoms with Gasteiger partial charge in [-0.05, 0) is 42.1 Å². The second-order valence-electron chi connectivity index (χ2n) is 4.34. The van der Waals surface area contributed by atoms with Crippen molar-refractivity contribution in [3.8, 4) is 0 Å². The highest BCUT2D eigenvalue weighted by molar-refractivity contribution is 9.11. The van der Waals surface area contributed by atoms with Crippen molar-refractivity contribution in [1.82, 2.24) is 4.72 Å². The molecule has 0 radical (unpaired) electrons. The number of thiophene rings is 1. The third kappa shape index (κ3) is 4.21. The van der Waals surface area contributed by atoms with Crippen molar-refractivity contribution in [3.63, 3.8) is 0 Å². The number of hydrogen-bond acceptors (Lipinski definition) is 5. The maximum Gasteiger partial charge on any atom is 0.242 e. The van der Waals surface area contributed by atoms with E-state index in [4.69, 9.17) is 5.73 Å². The quantitative estimate of drug-likeness (QED) is 0.803. The van der Waals surface area contributed by atoms with E-state index in [1.165, 1.54) is 11.3 Å². The average molecular weight is 373 g/mol. The molecule has 0 aliphatic rings. The summed E-state index contributed by atoms with van der Waals surface area (Å²) < 4.78 is 27.4. The summed E-state index contributed by atoms with van der Waals surface area (Å²) in [6.07, 6.45) is 1.96. The van der Waals surface area contributed by atoms with Crippen LogP contribution < -0.4 is 10.5 Å². The van der Waals surface area contributed by atoms with Gasteiger partial charge >= 0.3 is 0 Å². The third-order valence-corrected chi connectivity index (χ3v) is 7.36. The van der Waals surface area contributed by atoms with E-state index in [1.54, 1.807) is 17.8 Å². The predicted octanol–water partition coefficient (Wildman–Crippen LogP) is 2.39. The van der Waals surface area contributed by atoms with Gasteiger partial charge in [-0.1, -0.05) is 0 Å². The van der Waals surface area contributed by atoms with Crippen molar-refractivity contribution < 1.29 is 8.42 Å². The number of nitrogens with one attached hydrogen (secondary N) is 1. The lowest BCUT2D eigenvalue weighted by Crippen LogP contribution is -2.36. The van der Waals surface area contributed by atoms with Crippen LogP contribution in [0.4, 0.5) is 0 Å². The summed E-state index contributed by atoms with van der Waals surface area (Å²) in [5.74, 6) is 0. The predicted molar refractivity (Wildman–Crippen MR) is 82.7 cm³/mol. The van der Waals surface area contributed by atoms with Crippen molar-refractivity contribution in [3.05, 3.63) is 14.7 Å². The van der Waals surface area contributed by atoms with Crippen LogP contribution >= 0.6 is 39.0 Å². The van der Waals surface area contributed by atoms with Crippen LogP contribution in [0.25, 0.3) is 0 Å². The van der Waals surface area contributed by atoms with Gasteiger partial charge in [-0.3, -0.25) is 0 Å². The molecule has 0 saturated heterocycles. The summed E-state index contributed by atoms with van der Waals surface area (Å²) in [7, 11) is -3.48. The highest BCUT2D eigenvalue weighted by Gasteiger charge is 2.24. The number of halogens is 1. The lowest BCUT2D eigenvalue weighted by Gasteiger charge is -2.22. The van der Waals surface area contributed by atoms with Gasteiger partial charge in [0.25, 0.3) is 0 Å². The fourth-order valence-corrected chi connectivity index (χ4v) is 5.18. The Bertz CT molecular complexity index is 511. The second-order valence-corrected chi connectivity index (χ2v) is 10.0. The Morgan fingerprint density at radius 3 is 2.61 bits per heavy atom. The molecule has 0 aliphatic heterocycles. The van der Waals surface area contributed by atoms with E-state index in [2.05, 4.69) is 20.7 Å². The van der Waals surface area contributed by atoms with E-state index in [-0.39, 0.29) is 9.64 Å². The molecule has 0 amide bonds. The van der Waals surface area contributed by atoms with Gasteiger partial charge in [0.15, 0.2) is 0 Å². The van der Waals surface area contributed by atoms with E-state index in [9.17, 15) is 8.42 Å². The molecule has 3 N–H and O–H groups in total. The number of sulfonamides is 1. The molecule has 8 heteroatoms. The Morgan fingerprint density at radius 2 is 2.17 bits per heavy atom. The zero-order valence-corrected chi connectivity index (χ0v) is 14.5. The minimum Gasteiger partial charge on any atom is -0.326 e. The molecule has 104 valence electrons. The maximum atomic E-state index is 12.2. The monoisotopic (exact) mass is 372 g/mol. The Labute approximate surface area is 125 Å². The van der Waals surface area contributed by atoms with E-state index in [0.717, 1.165) is 4.88 Å². The highest BCUT2D eigenvalue weighted by Crippen LogP contribution is 2.31. The topological polar surface area (TPSA) is 72.2 Å². The molecular formula is C10H17BrN2O2S3. The summed E-state index contributed by atoms with van der Waals surface area (Å²) in [6, 6.07) is 1.61. The molecule has 0 aromatic carbocycles. The van der Waals surface area contributed by atoms with Crippen molar-refractivity contribution >= 4 is 49.1 Å². The first-order chi connectivity index (χ1) is 8.22. The number of rotatable bonds is 6. The fourth-order valence-electron chi connectivity index (χ4n) is 1.10. The van der Waals surface area contributed by atoms with Crippen LogP contribution in [-0.4, -0.2) is 26.0 Å². The number of thioether (sulfide) groups is 1. The van der Waals surface area contributed by atoms with Crippen molar-refractivity contribution in [1.29, 1.82) is 0 Å². The van der Waals surface area contributed by atoms with Crippen LogP contribution in [0.5, 0.6) is 0 Å². The molecule has 1 aromatic rings. The molecule has 1 heterocycles. The first kappa shape index (κ1) is 16.5. The molecule has 0 aliphatic carbocycles. The van der Waals surface area contributed by atoms with Crippen molar-refractivity contribution in [2.45, 2.75) is 30.0 Å². The van der Waals surface area contributed by atoms with Crippen LogP contribution in [0.15, 0.2) is 14.7 Å². The molecule has 0 spiro atoms. The zero-order chi connectivity index (χ0) is 14.0. The molecule has 1 aromatic heterocycles. The van der Waals surface area contributed by atoms with Crippen LogP contribution in [0.3, 0.4) is 0 Å². The van der Waals surface area contributed by atoms with Gasteiger partial charge in [0.1, 0.15) is 4.90 Å². The standard InChI is InChI=1S/C10H17BrN2O2S3/c1-10(2,16-3)6-13-18(14,15)8-4-7(5-12)17-9(8)11/h4,13H,5-6,12H2,1-3H3. The molecule has 1 rings (SSSR count). The third-order valence-electron chi connectivity index (χ3n) is 2.44. The van der Waals surface area contributed by atoms with Crippen LogP contribution in [0, 0.1) is 0 Å². The summed E-state index contributed by atoms with van der Waals surface area (Å²) in [5, 5.41) is 0. The van der Waals surface area contributed by atoms with Gasteiger partial charge in [0, 0.05) is 22.7 Å². The van der Waals surface area contributed by atoms with Crippen LogP contribution in [-0.2, 0) is 16.6 Å². The van der Waals surface area contributed by atoms with Gasteiger partial charge < -0.3 is 5.73 Å². The summed E-state index contributed by atoms with van der Waals surface area (Å²) >= 11 is 6.24. The molecule has 0 atom stereocenters. The Balaban J connectivity index is 2.90.